The molecule has 0 aromatic rings. The van der Waals surface area contributed by atoms with Crippen molar-refractivity contribution in [3.8, 4) is 0 Å². The van der Waals surface area contributed by atoms with Gasteiger partial charge in [-0.2, -0.15) is 0 Å². The summed E-state index contributed by atoms with van der Waals surface area (Å²) in [6.07, 6.45) is 0.410. The number of esters is 1. The van der Waals surface area contributed by atoms with Gasteiger partial charge in [-0.25, -0.2) is 14.4 Å². The maximum absolute atomic E-state index is 11.9. The number of hydrogen-bond acceptors (Lipinski definition) is 4. The topological polar surface area (TPSA) is 105 Å². The summed E-state index contributed by atoms with van der Waals surface area (Å²) >= 11 is 0. The van der Waals surface area contributed by atoms with E-state index in [2.05, 4.69) is 15.4 Å². The lowest BCUT2D eigenvalue weighted by Crippen LogP contribution is -2.55. The SMILES string of the molecule is COC(=O)C(CC(C)C)NC(=O)N[C@@H](C(=O)O)C(C)(C)C. The van der Waals surface area contributed by atoms with E-state index in [9.17, 15) is 14.4 Å². The van der Waals surface area contributed by atoms with Crippen LogP contribution in [0.4, 0.5) is 4.79 Å². The lowest BCUT2D eigenvalue weighted by molar-refractivity contribution is -0.143. The molecule has 7 heteroatoms. The maximum Gasteiger partial charge on any atom is 0.328 e. The molecule has 0 rings (SSSR count). The van der Waals surface area contributed by atoms with Gasteiger partial charge < -0.3 is 20.5 Å². The molecular formula is C14H26N2O5. The van der Waals surface area contributed by atoms with Gasteiger partial charge in [0.15, 0.2) is 0 Å². The third-order valence-electron chi connectivity index (χ3n) is 2.89. The monoisotopic (exact) mass is 302 g/mol. The quantitative estimate of drug-likeness (QED) is 0.643. The van der Waals surface area contributed by atoms with Gasteiger partial charge in [0.05, 0.1) is 7.11 Å². The second-order valence-electron chi connectivity index (χ2n) is 6.46. The number of carbonyl (C=O) groups is 3. The van der Waals surface area contributed by atoms with Crippen LogP contribution < -0.4 is 10.6 Å². The highest BCUT2D eigenvalue weighted by Gasteiger charge is 2.33. The number of carboxylic acid groups (broad SMARTS) is 1. The van der Waals surface area contributed by atoms with Crippen LogP contribution in [-0.2, 0) is 14.3 Å². The molecule has 0 bridgehead atoms. The number of hydrogen-bond donors (Lipinski definition) is 3. The Morgan fingerprint density at radius 1 is 1.14 bits per heavy atom. The third kappa shape index (κ3) is 6.97. The summed E-state index contributed by atoms with van der Waals surface area (Å²) in [7, 11) is 1.24. The highest BCUT2D eigenvalue weighted by atomic mass is 16.5. The van der Waals surface area contributed by atoms with Gasteiger partial charge >= 0.3 is 18.0 Å². The van der Waals surface area contributed by atoms with Gasteiger partial charge in [-0.1, -0.05) is 34.6 Å². The fraction of sp³-hybridized carbons (Fsp3) is 0.786. The van der Waals surface area contributed by atoms with Gasteiger partial charge in [0.2, 0.25) is 0 Å². The highest BCUT2D eigenvalue weighted by molar-refractivity contribution is 5.86. The van der Waals surface area contributed by atoms with Gasteiger partial charge in [0, 0.05) is 0 Å². The zero-order valence-electron chi connectivity index (χ0n) is 13.5. The first-order valence-electron chi connectivity index (χ1n) is 6.86. The third-order valence-corrected chi connectivity index (χ3v) is 2.89. The summed E-state index contributed by atoms with van der Waals surface area (Å²) in [5, 5.41) is 14.0. The van der Waals surface area contributed by atoms with Crippen molar-refractivity contribution in [1.29, 1.82) is 0 Å². The van der Waals surface area contributed by atoms with Crippen molar-refractivity contribution in [3.63, 3.8) is 0 Å². The summed E-state index contributed by atoms with van der Waals surface area (Å²) in [5.41, 5.74) is -0.651. The first-order valence-corrected chi connectivity index (χ1v) is 6.86. The smallest absolute Gasteiger partial charge is 0.328 e. The molecule has 0 aliphatic carbocycles. The second kappa shape index (κ2) is 7.85. The number of carboxylic acids is 1. The first kappa shape index (κ1) is 19.2. The Bertz CT molecular complexity index is 387. The number of ether oxygens (including phenoxy) is 1. The fourth-order valence-electron chi connectivity index (χ4n) is 1.81. The molecule has 0 aromatic carbocycles. The predicted octanol–water partition coefficient (Wildman–Crippen LogP) is 1.37. The van der Waals surface area contributed by atoms with Crippen LogP contribution in [0.1, 0.15) is 41.0 Å². The lowest BCUT2D eigenvalue weighted by Gasteiger charge is -2.28. The van der Waals surface area contributed by atoms with Crippen molar-refractivity contribution in [1.82, 2.24) is 10.6 Å². The van der Waals surface area contributed by atoms with Crippen molar-refractivity contribution in [3.05, 3.63) is 0 Å². The van der Waals surface area contributed by atoms with Gasteiger partial charge in [-0.3, -0.25) is 0 Å². The Morgan fingerprint density at radius 2 is 1.67 bits per heavy atom. The molecule has 21 heavy (non-hydrogen) atoms. The van der Waals surface area contributed by atoms with Crippen molar-refractivity contribution in [2.45, 2.75) is 53.1 Å². The number of urea groups is 1. The van der Waals surface area contributed by atoms with Crippen LogP contribution in [0.25, 0.3) is 0 Å². The Labute approximate surface area is 125 Å². The standard InChI is InChI=1S/C14H26N2O5/c1-8(2)7-9(12(19)21-6)15-13(20)16-10(11(17)18)14(3,4)5/h8-10H,7H2,1-6H3,(H,17,18)(H2,15,16,20)/t9?,10-/m0/s1. The molecule has 0 saturated carbocycles. The molecule has 122 valence electrons. The van der Waals surface area contributed by atoms with E-state index in [0.29, 0.717) is 6.42 Å². The van der Waals surface area contributed by atoms with Crippen LogP contribution >= 0.6 is 0 Å². The summed E-state index contributed by atoms with van der Waals surface area (Å²) in [6.45, 7) is 8.93. The Kier molecular flexibility index (Phi) is 7.18. The molecule has 1 unspecified atom stereocenters. The number of methoxy groups -OCH3 is 1. The average molecular weight is 302 g/mol. The molecule has 0 aliphatic rings. The molecule has 0 saturated heterocycles. The highest BCUT2D eigenvalue weighted by Crippen LogP contribution is 2.19. The zero-order chi connectivity index (χ0) is 16.8. The Hall–Kier alpha value is -1.79. The molecule has 7 nitrogen and oxygen atoms in total. The molecule has 2 atom stereocenters. The molecule has 2 amide bonds. The van der Waals surface area contributed by atoms with Crippen LogP contribution in [0.2, 0.25) is 0 Å². The van der Waals surface area contributed by atoms with E-state index in [0.717, 1.165) is 0 Å². The van der Waals surface area contributed by atoms with Crippen LogP contribution in [0, 0.1) is 11.3 Å². The van der Waals surface area contributed by atoms with Crippen LogP contribution in [0.15, 0.2) is 0 Å². The number of aliphatic carboxylic acids is 1. The normalized spacial score (nSPS) is 14.2. The molecular weight excluding hydrogens is 276 g/mol. The van der Waals surface area contributed by atoms with E-state index in [1.54, 1.807) is 20.8 Å². The maximum atomic E-state index is 11.9. The molecule has 0 aromatic heterocycles. The van der Waals surface area contributed by atoms with E-state index in [1.807, 2.05) is 13.8 Å². The summed E-state index contributed by atoms with van der Waals surface area (Å²) < 4.78 is 4.64. The summed E-state index contributed by atoms with van der Waals surface area (Å²) in [5.74, 6) is -1.51. The predicted molar refractivity (Wildman–Crippen MR) is 77.8 cm³/mol. The average Bonchev–Trinajstić information content (AvgIpc) is 2.31. The van der Waals surface area contributed by atoms with Gasteiger partial charge in [0.25, 0.3) is 0 Å². The van der Waals surface area contributed by atoms with Crippen molar-refractivity contribution in [2.24, 2.45) is 11.3 Å². The summed E-state index contributed by atoms with van der Waals surface area (Å²) in [4.78, 5) is 34.7. The Balaban J connectivity index is 4.83. The first-order chi connectivity index (χ1) is 9.48. The van der Waals surface area contributed by atoms with E-state index in [1.165, 1.54) is 7.11 Å². The largest absolute Gasteiger partial charge is 0.480 e. The lowest BCUT2D eigenvalue weighted by atomic mass is 9.87. The van der Waals surface area contributed by atoms with Gasteiger partial charge in [-0.05, 0) is 17.8 Å². The zero-order valence-corrected chi connectivity index (χ0v) is 13.5. The molecule has 0 spiro atoms. The fourth-order valence-corrected chi connectivity index (χ4v) is 1.81. The van der Waals surface area contributed by atoms with Crippen molar-refractivity contribution >= 4 is 18.0 Å². The Morgan fingerprint density at radius 3 is 2.00 bits per heavy atom. The molecule has 0 fully saturated rings. The minimum atomic E-state index is -1.13. The van der Waals surface area contributed by atoms with E-state index in [-0.39, 0.29) is 5.92 Å². The van der Waals surface area contributed by atoms with Crippen molar-refractivity contribution < 1.29 is 24.2 Å². The number of rotatable bonds is 6. The van der Waals surface area contributed by atoms with Crippen LogP contribution in [0.5, 0.6) is 0 Å². The molecule has 0 aliphatic heterocycles. The minimum Gasteiger partial charge on any atom is -0.480 e. The summed E-state index contributed by atoms with van der Waals surface area (Å²) in [6, 6.07) is -2.56. The van der Waals surface area contributed by atoms with E-state index in [4.69, 9.17) is 5.11 Å². The van der Waals surface area contributed by atoms with Gasteiger partial charge in [0.1, 0.15) is 12.1 Å². The number of carbonyl (C=O) groups excluding carboxylic acids is 2. The molecule has 0 heterocycles. The van der Waals surface area contributed by atoms with Gasteiger partial charge in [-0.15, -0.1) is 0 Å². The van der Waals surface area contributed by atoms with Crippen LogP contribution in [0.3, 0.4) is 0 Å². The van der Waals surface area contributed by atoms with E-state index >= 15 is 0 Å². The van der Waals surface area contributed by atoms with E-state index < -0.39 is 35.5 Å². The molecule has 3 N–H and O–H groups in total. The molecule has 0 radical (unpaired) electrons. The number of amides is 2. The number of nitrogens with one attached hydrogen (secondary N) is 2. The second-order valence-corrected chi connectivity index (χ2v) is 6.46. The minimum absolute atomic E-state index is 0.173. The van der Waals surface area contributed by atoms with Crippen LogP contribution in [-0.4, -0.2) is 42.3 Å². The van der Waals surface area contributed by atoms with Crippen molar-refractivity contribution in [2.75, 3.05) is 7.11 Å².